The minimum Gasteiger partial charge on any atom is -0.309 e. The summed E-state index contributed by atoms with van der Waals surface area (Å²) in [4.78, 5) is 33.3. The minimum absolute atomic E-state index is 0.511. The van der Waals surface area contributed by atoms with E-state index in [0.717, 1.165) is 133 Å². The van der Waals surface area contributed by atoms with E-state index in [-0.39, 0.29) is 0 Å². The molecule has 0 N–H and O–H groups in total. The molecular weight excluding hydrogens is 1200 g/mol. The average molecular weight is 1260 g/mol. The van der Waals surface area contributed by atoms with Crippen molar-refractivity contribution in [2.75, 3.05) is 0 Å². The van der Waals surface area contributed by atoms with Gasteiger partial charge in [-0.1, -0.05) is 192 Å². The molecule has 0 aliphatic heterocycles. The predicted molar refractivity (Wildman–Crippen MR) is 402 cm³/mol. The van der Waals surface area contributed by atoms with E-state index < -0.39 is 0 Å². The molecule has 0 saturated carbocycles. The van der Waals surface area contributed by atoms with E-state index >= 15 is 0 Å². The lowest BCUT2D eigenvalue weighted by Gasteiger charge is -2.26. The Hall–Kier alpha value is -12.9. The first-order valence-electron chi connectivity index (χ1n) is 33.2. The van der Waals surface area contributed by atoms with E-state index in [1.165, 1.54) is 43.8 Å². The Morgan fingerprint density at radius 3 is 1.13 bits per heavy atom. The number of pyridine rings is 3. The maximum absolute atomic E-state index is 6.33. The second kappa shape index (κ2) is 22.4. The van der Waals surface area contributed by atoms with E-state index in [9.17, 15) is 0 Å². The normalized spacial score (nSPS) is 11.9. The van der Waals surface area contributed by atoms with Crippen molar-refractivity contribution in [2.24, 2.45) is 0 Å². The molecule has 8 heterocycles. The number of aryl methyl sites for hydroxylation is 4. The van der Waals surface area contributed by atoms with Gasteiger partial charge in [-0.2, -0.15) is 0 Å². The van der Waals surface area contributed by atoms with Gasteiger partial charge >= 0.3 is 0 Å². The highest BCUT2D eigenvalue weighted by Gasteiger charge is 2.32. The molecule has 98 heavy (non-hydrogen) atoms. The lowest BCUT2D eigenvalue weighted by molar-refractivity contribution is 1.04. The molecule has 10 heteroatoms. The Bertz CT molecular complexity index is 6170. The van der Waals surface area contributed by atoms with E-state index in [2.05, 4.69) is 276 Å². The summed E-state index contributed by atoms with van der Waals surface area (Å²) in [6.07, 6.45) is 3.79. The van der Waals surface area contributed by atoms with Gasteiger partial charge in [0, 0.05) is 100 Å². The standard InChI is InChI=1S/C88H60N10/c1-53-31-43-75-69(49-53)70-50-54(2)32-44-76(70)95(75)61-39-35-57(36-40-61)79-80(65-25-11-12-26-66(65)85-93-83(59-19-7-5-8-20-59)92-84(94-85)60-21-9-6-10-22-60)82(97-73-29-15-13-23-63(73)67-27-17-47-89-86(67)97)81(91-88(79)98-74-30-16-14-24-64(74)68-28-18-48-90-87(68)98)58-37-41-62(42-38-58)96-77-45-33-55(3)51-71(77)72-52-56(4)34-46-78(72)96/h5-52H,1-4H3. The van der Waals surface area contributed by atoms with Crippen LogP contribution in [0.5, 0.6) is 0 Å². The van der Waals surface area contributed by atoms with Crippen LogP contribution in [0.2, 0.25) is 0 Å². The molecule has 0 amide bonds. The summed E-state index contributed by atoms with van der Waals surface area (Å²) >= 11 is 0. The summed E-state index contributed by atoms with van der Waals surface area (Å²) in [7, 11) is 0. The van der Waals surface area contributed by atoms with Gasteiger partial charge in [0.1, 0.15) is 17.1 Å². The van der Waals surface area contributed by atoms with Crippen molar-refractivity contribution in [3.63, 3.8) is 0 Å². The van der Waals surface area contributed by atoms with Gasteiger partial charge in [-0.3, -0.25) is 9.13 Å². The molecule has 0 radical (unpaired) electrons. The lowest BCUT2D eigenvalue weighted by atomic mass is 9.88. The monoisotopic (exact) mass is 1260 g/mol. The molecule has 0 unspecified atom stereocenters. The van der Waals surface area contributed by atoms with Crippen LogP contribution in [0.25, 0.3) is 178 Å². The Balaban J connectivity index is 0.984. The largest absolute Gasteiger partial charge is 0.309 e. The lowest BCUT2D eigenvalue weighted by Crippen LogP contribution is -2.11. The van der Waals surface area contributed by atoms with Crippen molar-refractivity contribution in [1.82, 2.24) is 48.2 Å². The van der Waals surface area contributed by atoms with Crippen LogP contribution in [0.1, 0.15) is 22.3 Å². The van der Waals surface area contributed by atoms with Crippen LogP contribution < -0.4 is 0 Å². The summed E-state index contributed by atoms with van der Waals surface area (Å²) in [5, 5.41) is 9.01. The van der Waals surface area contributed by atoms with Crippen molar-refractivity contribution < 1.29 is 0 Å². The van der Waals surface area contributed by atoms with Crippen molar-refractivity contribution in [3.05, 3.63) is 314 Å². The SMILES string of the molecule is Cc1ccc2c(c1)c1cc(C)ccc1n2-c1ccc(-c2nc(-n3c4ccccc4c4cccnc43)c(-c3ccc(-n4c5ccc(C)cc5c5cc(C)ccc54)cc3)c(-c3ccccc3-c3nc(-c4ccccc4)nc(-c4ccccc4)n3)c2-n2c3ccccc3c3cccnc32)cc1. The molecule has 8 aromatic heterocycles. The Morgan fingerprint density at radius 1 is 0.255 bits per heavy atom. The van der Waals surface area contributed by atoms with Gasteiger partial charge in [-0.25, -0.2) is 29.9 Å². The predicted octanol–water partition coefficient (Wildman–Crippen LogP) is 21.7. The summed E-state index contributed by atoms with van der Waals surface area (Å²) in [6, 6.07) is 99.9. The van der Waals surface area contributed by atoms with Crippen molar-refractivity contribution >= 4 is 87.5 Å². The third-order valence-corrected chi connectivity index (χ3v) is 19.6. The first-order chi connectivity index (χ1) is 48.3. The smallest absolute Gasteiger partial charge is 0.164 e. The van der Waals surface area contributed by atoms with Crippen LogP contribution in [-0.2, 0) is 0 Å². The maximum atomic E-state index is 6.33. The van der Waals surface area contributed by atoms with Crippen LogP contribution in [0.3, 0.4) is 0 Å². The minimum atomic E-state index is 0.511. The van der Waals surface area contributed by atoms with Gasteiger partial charge in [0.2, 0.25) is 0 Å². The van der Waals surface area contributed by atoms with Crippen LogP contribution in [0.15, 0.2) is 291 Å². The van der Waals surface area contributed by atoms with Crippen LogP contribution in [0.4, 0.5) is 0 Å². The van der Waals surface area contributed by atoms with Crippen molar-refractivity contribution in [1.29, 1.82) is 0 Å². The van der Waals surface area contributed by atoms with E-state index in [1.54, 1.807) is 0 Å². The molecular formula is C88H60N10. The van der Waals surface area contributed by atoms with Gasteiger partial charge in [0.05, 0.1) is 44.5 Å². The molecule has 0 spiro atoms. The van der Waals surface area contributed by atoms with Gasteiger partial charge in [0.15, 0.2) is 17.5 Å². The first kappa shape index (κ1) is 56.6. The third-order valence-electron chi connectivity index (χ3n) is 19.6. The zero-order valence-electron chi connectivity index (χ0n) is 54.2. The van der Waals surface area contributed by atoms with Gasteiger partial charge in [0.25, 0.3) is 0 Å². The van der Waals surface area contributed by atoms with Crippen molar-refractivity contribution in [3.8, 4) is 90.6 Å². The molecule has 19 rings (SSSR count). The van der Waals surface area contributed by atoms with E-state index in [0.29, 0.717) is 23.3 Å². The molecule has 0 bridgehead atoms. The molecule has 462 valence electrons. The number of hydrogen-bond donors (Lipinski definition) is 0. The molecule has 0 aliphatic rings. The quantitative estimate of drug-likeness (QED) is 0.135. The summed E-state index contributed by atoms with van der Waals surface area (Å²) in [5.41, 5.74) is 23.5. The highest BCUT2D eigenvalue weighted by atomic mass is 15.1. The molecule has 11 aromatic carbocycles. The zero-order valence-corrected chi connectivity index (χ0v) is 54.2. The summed E-state index contributed by atoms with van der Waals surface area (Å²) in [6.45, 7) is 8.68. The third kappa shape index (κ3) is 8.95. The topological polar surface area (TPSA) is 97.1 Å². The Kier molecular flexibility index (Phi) is 12.9. The average Bonchev–Trinajstić information content (AvgIpc) is 1.43. The van der Waals surface area contributed by atoms with Gasteiger partial charge in [-0.15, -0.1) is 0 Å². The molecule has 0 atom stereocenters. The second-order valence-corrected chi connectivity index (χ2v) is 25.8. The van der Waals surface area contributed by atoms with Crippen LogP contribution in [-0.4, -0.2) is 48.2 Å². The number of fused-ring (bicyclic) bond motifs is 12. The van der Waals surface area contributed by atoms with Crippen LogP contribution >= 0.6 is 0 Å². The molecule has 0 aliphatic carbocycles. The molecule has 10 nitrogen and oxygen atoms in total. The number of para-hydroxylation sites is 2. The highest BCUT2D eigenvalue weighted by Crippen LogP contribution is 2.51. The van der Waals surface area contributed by atoms with E-state index in [1.807, 2.05) is 60.9 Å². The van der Waals surface area contributed by atoms with Crippen molar-refractivity contribution in [2.45, 2.75) is 27.7 Å². The maximum Gasteiger partial charge on any atom is 0.164 e. The number of aromatic nitrogens is 10. The van der Waals surface area contributed by atoms with Crippen LogP contribution in [0, 0.1) is 27.7 Å². The molecule has 0 fully saturated rings. The second-order valence-electron chi connectivity index (χ2n) is 25.8. The fourth-order valence-corrected chi connectivity index (χ4v) is 15.1. The fraction of sp³-hybridized carbons (Fsp3) is 0.0455. The summed E-state index contributed by atoms with van der Waals surface area (Å²) < 4.78 is 9.44. The fourth-order valence-electron chi connectivity index (χ4n) is 15.1. The van der Waals surface area contributed by atoms with Gasteiger partial charge in [-0.05, 0) is 148 Å². The zero-order chi connectivity index (χ0) is 65.3. The molecule has 19 aromatic rings. The number of nitrogens with zero attached hydrogens (tertiary/aromatic N) is 10. The van der Waals surface area contributed by atoms with E-state index in [4.69, 9.17) is 29.9 Å². The number of benzene rings is 11. The Labute approximate surface area is 564 Å². The molecule has 0 saturated heterocycles. The number of rotatable bonds is 10. The Morgan fingerprint density at radius 2 is 0.643 bits per heavy atom. The first-order valence-corrected chi connectivity index (χ1v) is 33.2. The highest BCUT2D eigenvalue weighted by molar-refractivity contribution is 6.14. The van der Waals surface area contributed by atoms with Gasteiger partial charge < -0.3 is 9.13 Å². The number of hydrogen-bond acceptors (Lipinski definition) is 6. The summed E-state index contributed by atoms with van der Waals surface area (Å²) in [5.74, 6) is 2.31.